The molecule has 106 valence electrons. The van der Waals surface area contributed by atoms with Gasteiger partial charge in [0.25, 0.3) is 0 Å². The Kier molecular flexibility index (Phi) is 4.96. The zero-order valence-corrected chi connectivity index (χ0v) is 12.5. The third-order valence-corrected chi connectivity index (χ3v) is 4.01. The standard InChI is InChI=1S/C14H11BrClF2NO/c15-10-6-8(4-5-11(10)16)19-13(7-20)9-2-1-3-12(17)14(9)18/h1-6,13,19-20H,7H2. The van der Waals surface area contributed by atoms with Crippen molar-refractivity contribution in [1.29, 1.82) is 0 Å². The zero-order valence-electron chi connectivity index (χ0n) is 10.2. The van der Waals surface area contributed by atoms with E-state index in [1.807, 2.05) is 0 Å². The molecule has 2 aromatic rings. The van der Waals surface area contributed by atoms with Crippen LogP contribution in [0.5, 0.6) is 0 Å². The van der Waals surface area contributed by atoms with Crippen molar-refractivity contribution in [2.24, 2.45) is 0 Å². The van der Waals surface area contributed by atoms with Gasteiger partial charge in [0.15, 0.2) is 11.6 Å². The van der Waals surface area contributed by atoms with Gasteiger partial charge in [-0.2, -0.15) is 0 Å². The molecule has 2 N–H and O–H groups in total. The third kappa shape index (κ3) is 3.29. The molecule has 20 heavy (non-hydrogen) atoms. The van der Waals surface area contributed by atoms with E-state index >= 15 is 0 Å². The van der Waals surface area contributed by atoms with E-state index in [-0.39, 0.29) is 12.2 Å². The van der Waals surface area contributed by atoms with Gasteiger partial charge in [-0.1, -0.05) is 23.7 Å². The maximum absolute atomic E-state index is 13.7. The Hall–Kier alpha value is -1.17. The van der Waals surface area contributed by atoms with Crippen molar-refractivity contribution in [2.75, 3.05) is 11.9 Å². The maximum Gasteiger partial charge on any atom is 0.164 e. The normalized spacial score (nSPS) is 12.2. The van der Waals surface area contributed by atoms with E-state index in [4.69, 9.17) is 11.6 Å². The molecule has 0 radical (unpaired) electrons. The van der Waals surface area contributed by atoms with Crippen LogP contribution >= 0.6 is 27.5 Å². The summed E-state index contributed by atoms with van der Waals surface area (Å²) in [5.74, 6) is -1.91. The average Bonchev–Trinajstić information content (AvgIpc) is 2.43. The molecule has 0 aliphatic carbocycles. The first kappa shape index (κ1) is 15.2. The molecule has 0 saturated carbocycles. The molecule has 0 spiro atoms. The molecule has 0 fully saturated rings. The first-order valence-corrected chi connectivity index (χ1v) is 6.96. The monoisotopic (exact) mass is 361 g/mol. The van der Waals surface area contributed by atoms with Crippen LogP contribution in [0.3, 0.4) is 0 Å². The van der Waals surface area contributed by atoms with Crippen molar-refractivity contribution >= 4 is 33.2 Å². The summed E-state index contributed by atoms with van der Waals surface area (Å²) in [6.07, 6.45) is 0. The van der Waals surface area contributed by atoms with Crippen LogP contribution in [0.4, 0.5) is 14.5 Å². The van der Waals surface area contributed by atoms with Crippen molar-refractivity contribution in [3.05, 3.63) is 63.1 Å². The second-order valence-electron chi connectivity index (χ2n) is 4.15. The number of hydrogen-bond acceptors (Lipinski definition) is 2. The lowest BCUT2D eigenvalue weighted by Crippen LogP contribution is -2.17. The quantitative estimate of drug-likeness (QED) is 0.838. The van der Waals surface area contributed by atoms with Crippen LogP contribution in [0.15, 0.2) is 40.9 Å². The van der Waals surface area contributed by atoms with E-state index in [2.05, 4.69) is 21.2 Å². The maximum atomic E-state index is 13.7. The van der Waals surface area contributed by atoms with Crippen LogP contribution < -0.4 is 5.32 Å². The van der Waals surface area contributed by atoms with Crippen molar-refractivity contribution in [3.8, 4) is 0 Å². The Bertz CT molecular complexity index is 624. The minimum Gasteiger partial charge on any atom is -0.394 e. The molecule has 2 nitrogen and oxygen atoms in total. The fourth-order valence-electron chi connectivity index (χ4n) is 1.80. The van der Waals surface area contributed by atoms with Gasteiger partial charge in [-0.15, -0.1) is 0 Å². The lowest BCUT2D eigenvalue weighted by atomic mass is 10.1. The number of rotatable bonds is 4. The molecule has 2 rings (SSSR count). The summed E-state index contributed by atoms with van der Waals surface area (Å²) in [6.45, 7) is -0.374. The fourth-order valence-corrected chi connectivity index (χ4v) is 2.29. The molecular weight excluding hydrogens is 352 g/mol. The molecule has 0 heterocycles. The number of aliphatic hydroxyl groups is 1. The number of benzene rings is 2. The smallest absolute Gasteiger partial charge is 0.164 e. The molecule has 6 heteroatoms. The molecule has 0 amide bonds. The Balaban J connectivity index is 2.28. The highest BCUT2D eigenvalue weighted by Crippen LogP contribution is 2.28. The van der Waals surface area contributed by atoms with E-state index in [1.165, 1.54) is 12.1 Å². The van der Waals surface area contributed by atoms with E-state index in [0.717, 1.165) is 6.07 Å². The Labute approximate surface area is 128 Å². The predicted molar refractivity (Wildman–Crippen MR) is 79.0 cm³/mol. The minimum absolute atomic E-state index is 0.0681. The minimum atomic E-state index is -0.966. The summed E-state index contributed by atoms with van der Waals surface area (Å²) in [6, 6.07) is 8.15. The molecular formula is C14H11BrClF2NO. The Morgan fingerprint density at radius 3 is 2.65 bits per heavy atom. The van der Waals surface area contributed by atoms with Gasteiger partial charge in [0.05, 0.1) is 17.7 Å². The topological polar surface area (TPSA) is 32.3 Å². The van der Waals surface area contributed by atoms with Gasteiger partial charge in [-0.05, 0) is 40.2 Å². The molecule has 0 saturated heterocycles. The van der Waals surface area contributed by atoms with E-state index in [1.54, 1.807) is 18.2 Å². The Morgan fingerprint density at radius 1 is 1.25 bits per heavy atom. The van der Waals surface area contributed by atoms with Gasteiger partial charge in [0.1, 0.15) is 0 Å². The van der Waals surface area contributed by atoms with Crippen molar-refractivity contribution in [1.82, 2.24) is 0 Å². The molecule has 0 aliphatic rings. The van der Waals surface area contributed by atoms with Crippen LogP contribution in [-0.4, -0.2) is 11.7 Å². The van der Waals surface area contributed by atoms with Crippen LogP contribution in [0.25, 0.3) is 0 Å². The second kappa shape index (κ2) is 6.52. The summed E-state index contributed by atoms with van der Waals surface area (Å²) >= 11 is 9.15. The number of halogens is 4. The summed E-state index contributed by atoms with van der Waals surface area (Å²) < 4.78 is 27.6. The molecule has 0 bridgehead atoms. The second-order valence-corrected chi connectivity index (χ2v) is 5.41. The van der Waals surface area contributed by atoms with Gasteiger partial charge in [-0.25, -0.2) is 8.78 Å². The lowest BCUT2D eigenvalue weighted by molar-refractivity contribution is 0.273. The number of aliphatic hydroxyl groups excluding tert-OH is 1. The van der Waals surface area contributed by atoms with Crippen molar-refractivity contribution in [2.45, 2.75) is 6.04 Å². The number of anilines is 1. The highest BCUT2D eigenvalue weighted by Gasteiger charge is 2.17. The number of nitrogens with one attached hydrogen (secondary N) is 1. The van der Waals surface area contributed by atoms with E-state index in [0.29, 0.717) is 15.2 Å². The first-order chi connectivity index (χ1) is 9.52. The average molecular weight is 363 g/mol. The van der Waals surface area contributed by atoms with Crippen LogP contribution in [0.2, 0.25) is 5.02 Å². The third-order valence-electron chi connectivity index (χ3n) is 2.80. The molecule has 0 aliphatic heterocycles. The zero-order chi connectivity index (χ0) is 14.7. The van der Waals surface area contributed by atoms with Crippen molar-refractivity contribution in [3.63, 3.8) is 0 Å². The van der Waals surface area contributed by atoms with Crippen LogP contribution in [0.1, 0.15) is 11.6 Å². The van der Waals surface area contributed by atoms with Gasteiger partial charge < -0.3 is 10.4 Å². The molecule has 0 aromatic heterocycles. The summed E-state index contributed by atoms with van der Waals surface area (Å²) in [5.41, 5.74) is 0.697. The van der Waals surface area contributed by atoms with Gasteiger partial charge in [0.2, 0.25) is 0 Å². The summed E-state index contributed by atoms with van der Waals surface area (Å²) in [4.78, 5) is 0. The predicted octanol–water partition coefficient (Wildman–Crippen LogP) is 4.53. The molecule has 1 unspecified atom stereocenters. The lowest BCUT2D eigenvalue weighted by Gasteiger charge is -2.19. The van der Waals surface area contributed by atoms with Crippen molar-refractivity contribution < 1.29 is 13.9 Å². The van der Waals surface area contributed by atoms with Gasteiger partial charge >= 0.3 is 0 Å². The Morgan fingerprint density at radius 2 is 2.00 bits per heavy atom. The molecule has 1 atom stereocenters. The van der Waals surface area contributed by atoms with Crippen LogP contribution in [-0.2, 0) is 0 Å². The summed E-state index contributed by atoms with van der Waals surface area (Å²) in [7, 11) is 0. The number of hydrogen-bond donors (Lipinski definition) is 2. The fraction of sp³-hybridized carbons (Fsp3) is 0.143. The van der Waals surface area contributed by atoms with Gasteiger partial charge in [0, 0.05) is 15.7 Å². The highest BCUT2D eigenvalue weighted by atomic mass is 79.9. The van der Waals surface area contributed by atoms with E-state index in [9.17, 15) is 13.9 Å². The largest absolute Gasteiger partial charge is 0.394 e. The van der Waals surface area contributed by atoms with Gasteiger partial charge in [-0.3, -0.25) is 0 Å². The SMILES string of the molecule is OCC(Nc1ccc(Cl)c(Br)c1)c1cccc(F)c1F. The molecule has 2 aromatic carbocycles. The highest BCUT2D eigenvalue weighted by molar-refractivity contribution is 9.10. The summed E-state index contributed by atoms with van der Waals surface area (Å²) in [5, 5.41) is 12.9. The first-order valence-electron chi connectivity index (χ1n) is 5.79. The van der Waals surface area contributed by atoms with Crippen LogP contribution in [0, 0.1) is 11.6 Å². The van der Waals surface area contributed by atoms with E-state index < -0.39 is 17.7 Å².